The van der Waals surface area contributed by atoms with Gasteiger partial charge in [-0.2, -0.15) is 10.4 Å². The maximum absolute atomic E-state index is 11.7. The molecule has 1 heterocycles. The maximum atomic E-state index is 11.7. The van der Waals surface area contributed by atoms with Crippen molar-refractivity contribution in [3.8, 4) is 6.07 Å². The second-order valence-corrected chi connectivity index (χ2v) is 5.95. The first-order valence-corrected chi connectivity index (χ1v) is 7.89. The van der Waals surface area contributed by atoms with Gasteiger partial charge in [0.2, 0.25) is 0 Å². The lowest BCUT2D eigenvalue weighted by Gasteiger charge is -2.31. The van der Waals surface area contributed by atoms with Gasteiger partial charge < -0.3 is 16.2 Å². The molecule has 7 nitrogen and oxygen atoms in total. The average Bonchev–Trinajstić information content (AvgIpc) is 2.99. The number of aliphatic hydroxyl groups excluding tert-OH is 1. The predicted octanol–water partition coefficient (Wildman–Crippen LogP) is 1.95. The number of nitrogens with two attached hydrogens (primary N) is 1. The van der Waals surface area contributed by atoms with E-state index >= 15 is 0 Å². The number of benzene rings is 1. The van der Waals surface area contributed by atoms with Gasteiger partial charge in [0.25, 0.3) is 5.91 Å². The molecule has 1 aromatic heterocycles. The van der Waals surface area contributed by atoms with Gasteiger partial charge in [-0.15, -0.1) is 0 Å². The van der Waals surface area contributed by atoms with Gasteiger partial charge in [0.15, 0.2) is 5.82 Å². The first-order chi connectivity index (χ1) is 11.6. The summed E-state index contributed by atoms with van der Waals surface area (Å²) in [5.41, 5.74) is 6.50. The first kappa shape index (κ1) is 16.0. The van der Waals surface area contributed by atoms with Gasteiger partial charge in [-0.25, -0.2) is 0 Å². The van der Waals surface area contributed by atoms with Crippen molar-refractivity contribution < 1.29 is 9.90 Å². The fraction of sp³-hybridized carbons (Fsp3) is 0.353. The highest BCUT2D eigenvalue weighted by Crippen LogP contribution is 2.34. The number of amides is 1. The molecule has 1 aliphatic rings. The quantitative estimate of drug-likeness (QED) is 0.794. The zero-order valence-corrected chi connectivity index (χ0v) is 13.1. The molecule has 0 bridgehead atoms. The standard InChI is InChI=1S/C17H19N5O2/c18-9-12-14(7-4-8-15(12)23)22-10-13(16(19)24)17(21-22)20-11-5-2-1-3-6-11/h1-3,5-6,10,12,14-15,23H,4,7-8H2,(H2,19,24)(H,20,21)/t12-,14-,15+/m0/s1. The third-order valence-corrected chi connectivity index (χ3v) is 4.35. The molecule has 0 spiro atoms. The molecule has 7 heteroatoms. The summed E-state index contributed by atoms with van der Waals surface area (Å²) in [5.74, 6) is -0.793. The number of anilines is 2. The van der Waals surface area contributed by atoms with Crippen molar-refractivity contribution in [2.45, 2.75) is 31.4 Å². The third kappa shape index (κ3) is 3.09. The normalized spacial score (nSPS) is 23.4. The van der Waals surface area contributed by atoms with Crippen LogP contribution in [0.3, 0.4) is 0 Å². The Morgan fingerprint density at radius 2 is 2.12 bits per heavy atom. The number of nitriles is 1. The Morgan fingerprint density at radius 1 is 1.38 bits per heavy atom. The molecule has 1 amide bonds. The smallest absolute Gasteiger partial charge is 0.254 e. The van der Waals surface area contributed by atoms with Crippen molar-refractivity contribution >= 4 is 17.4 Å². The summed E-state index contributed by atoms with van der Waals surface area (Å²) in [6.45, 7) is 0. The van der Waals surface area contributed by atoms with Crippen LogP contribution in [-0.2, 0) is 0 Å². The number of carbonyl (C=O) groups excluding carboxylic acids is 1. The van der Waals surface area contributed by atoms with Gasteiger partial charge in [-0.3, -0.25) is 9.48 Å². The molecule has 1 saturated carbocycles. The van der Waals surface area contributed by atoms with Gasteiger partial charge >= 0.3 is 0 Å². The van der Waals surface area contributed by atoms with Crippen LogP contribution in [0.15, 0.2) is 36.5 Å². The van der Waals surface area contributed by atoms with Gasteiger partial charge in [-0.1, -0.05) is 18.2 Å². The highest BCUT2D eigenvalue weighted by atomic mass is 16.3. The van der Waals surface area contributed by atoms with Gasteiger partial charge in [0.1, 0.15) is 5.56 Å². The molecule has 0 radical (unpaired) electrons. The lowest BCUT2D eigenvalue weighted by Crippen LogP contribution is -2.33. The molecule has 24 heavy (non-hydrogen) atoms. The Bertz CT molecular complexity index is 765. The summed E-state index contributed by atoms with van der Waals surface area (Å²) in [4.78, 5) is 11.7. The molecule has 1 aliphatic carbocycles. The van der Waals surface area contributed by atoms with Crippen LogP contribution < -0.4 is 11.1 Å². The van der Waals surface area contributed by atoms with Crippen LogP contribution >= 0.6 is 0 Å². The summed E-state index contributed by atoms with van der Waals surface area (Å²) in [6, 6.07) is 11.2. The van der Waals surface area contributed by atoms with Crippen molar-refractivity contribution in [3.63, 3.8) is 0 Å². The van der Waals surface area contributed by atoms with E-state index in [-0.39, 0.29) is 11.6 Å². The first-order valence-electron chi connectivity index (χ1n) is 7.89. The number of nitrogens with zero attached hydrogens (tertiary/aromatic N) is 3. The molecular formula is C17H19N5O2. The molecule has 0 saturated heterocycles. The average molecular weight is 325 g/mol. The Hall–Kier alpha value is -2.85. The minimum atomic E-state index is -0.680. The van der Waals surface area contributed by atoms with Crippen LogP contribution in [0, 0.1) is 17.2 Å². The van der Waals surface area contributed by atoms with E-state index in [2.05, 4.69) is 16.5 Å². The molecule has 4 N–H and O–H groups in total. The third-order valence-electron chi connectivity index (χ3n) is 4.35. The Kier molecular flexibility index (Phi) is 4.49. The molecule has 1 aromatic carbocycles. The lowest BCUT2D eigenvalue weighted by molar-refractivity contribution is 0.0613. The topological polar surface area (TPSA) is 117 Å². The number of nitrogens with one attached hydrogen (secondary N) is 1. The molecular weight excluding hydrogens is 306 g/mol. The molecule has 3 rings (SSSR count). The fourth-order valence-electron chi connectivity index (χ4n) is 3.11. The fourth-order valence-corrected chi connectivity index (χ4v) is 3.11. The molecule has 1 fully saturated rings. The van der Waals surface area contributed by atoms with E-state index < -0.39 is 17.9 Å². The van der Waals surface area contributed by atoms with E-state index in [0.29, 0.717) is 12.2 Å². The van der Waals surface area contributed by atoms with E-state index in [1.165, 1.54) is 0 Å². The van der Waals surface area contributed by atoms with Crippen LogP contribution in [-0.4, -0.2) is 26.9 Å². The molecule has 124 valence electrons. The predicted molar refractivity (Wildman–Crippen MR) is 88.5 cm³/mol. The van der Waals surface area contributed by atoms with E-state index in [9.17, 15) is 15.2 Å². The number of aliphatic hydroxyl groups is 1. The molecule has 0 unspecified atom stereocenters. The second-order valence-electron chi connectivity index (χ2n) is 5.95. The highest BCUT2D eigenvalue weighted by Gasteiger charge is 2.34. The minimum Gasteiger partial charge on any atom is -0.392 e. The van der Waals surface area contributed by atoms with Crippen molar-refractivity contribution in [3.05, 3.63) is 42.1 Å². The number of hydrogen-bond donors (Lipinski definition) is 3. The van der Waals surface area contributed by atoms with Crippen molar-refractivity contribution in [2.24, 2.45) is 11.7 Å². The van der Waals surface area contributed by atoms with Crippen LogP contribution in [0.2, 0.25) is 0 Å². The highest BCUT2D eigenvalue weighted by molar-refractivity contribution is 5.98. The monoisotopic (exact) mass is 325 g/mol. The van der Waals surface area contributed by atoms with Gasteiger partial charge in [0.05, 0.1) is 24.1 Å². The summed E-state index contributed by atoms with van der Waals surface area (Å²) in [6.07, 6.45) is 3.01. The largest absolute Gasteiger partial charge is 0.392 e. The minimum absolute atomic E-state index is 0.260. The van der Waals surface area contributed by atoms with E-state index in [0.717, 1.165) is 18.5 Å². The van der Waals surface area contributed by atoms with Crippen LogP contribution in [0.25, 0.3) is 0 Å². The lowest BCUT2D eigenvalue weighted by atomic mass is 9.83. The number of primary amides is 1. The van der Waals surface area contributed by atoms with Crippen LogP contribution in [0.1, 0.15) is 35.7 Å². The van der Waals surface area contributed by atoms with Crippen molar-refractivity contribution in [1.82, 2.24) is 9.78 Å². The summed E-state index contributed by atoms with van der Waals surface area (Å²) in [5, 5.41) is 26.9. The van der Waals surface area contributed by atoms with E-state index in [4.69, 9.17) is 5.73 Å². The second kappa shape index (κ2) is 6.72. The van der Waals surface area contributed by atoms with Crippen LogP contribution in [0.5, 0.6) is 0 Å². The SMILES string of the molecule is N#C[C@@H]1[C@H](O)CCC[C@@H]1n1cc(C(N)=O)c(Nc2ccccc2)n1. The van der Waals surface area contributed by atoms with Crippen molar-refractivity contribution in [2.75, 3.05) is 5.32 Å². The number of para-hydroxylation sites is 1. The Balaban J connectivity index is 1.94. The summed E-state index contributed by atoms with van der Waals surface area (Å²) >= 11 is 0. The number of hydrogen-bond acceptors (Lipinski definition) is 5. The summed E-state index contributed by atoms with van der Waals surface area (Å²) in [7, 11) is 0. The summed E-state index contributed by atoms with van der Waals surface area (Å²) < 4.78 is 1.58. The number of carbonyl (C=O) groups is 1. The van der Waals surface area contributed by atoms with Gasteiger partial charge in [-0.05, 0) is 31.4 Å². The number of aromatic nitrogens is 2. The molecule has 3 atom stereocenters. The number of rotatable bonds is 4. The zero-order valence-electron chi connectivity index (χ0n) is 13.1. The van der Waals surface area contributed by atoms with Crippen LogP contribution in [0.4, 0.5) is 11.5 Å². The van der Waals surface area contributed by atoms with Crippen molar-refractivity contribution in [1.29, 1.82) is 5.26 Å². The zero-order chi connectivity index (χ0) is 17.1. The molecule has 2 aromatic rings. The molecule has 0 aliphatic heterocycles. The Labute approximate surface area is 139 Å². The Morgan fingerprint density at radius 3 is 2.79 bits per heavy atom. The van der Waals surface area contributed by atoms with E-state index in [1.54, 1.807) is 10.9 Å². The maximum Gasteiger partial charge on any atom is 0.254 e. The van der Waals surface area contributed by atoms with Gasteiger partial charge in [0, 0.05) is 11.9 Å². The van der Waals surface area contributed by atoms with E-state index in [1.807, 2.05) is 30.3 Å².